The lowest BCUT2D eigenvalue weighted by molar-refractivity contribution is 0.144. The molecule has 1 rings (SSSR count). The fourth-order valence-corrected chi connectivity index (χ4v) is 2.85. The summed E-state index contributed by atoms with van der Waals surface area (Å²) >= 11 is 0. The summed E-state index contributed by atoms with van der Waals surface area (Å²) in [5.41, 5.74) is 0. The van der Waals surface area contributed by atoms with Gasteiger partial charge in [-0.15, -0.1) is 0 Å². The molecule has 126 valence electrons. The van der Waals surface area contributed by atoms with E-state index in [-0.39, 0.29) is 24.3 Å². The highest BCUT2D eigenvalue weighted by molar-refractivity contribution is 7.61. The lowest BCUT2D eigenvalue weighted by Crippen LogP contribution is -2.15. The number of hydrogen-bond acceptors (Lipinski definition) is 6. The molecule has 0 fully saturated rings. The van der Waals surface area contributed by atoms with Gasteiger partial charge in [0.25, 0.3) is 0 Å². The van der Waals surface area contributed by atoms with Crippen molar-refractivity contribution < 1.29 is 32.9 Å². The minimum Gasteiger partial charge on any atom is -0.491 e. The topological polar surface area (TPSA) is 83.5 Å². The summed E-state index contributed by atoms with van der Waals surface area (Å²) in [5, 5.41) is 0.0698. The standard InChI is InChI=1S/C14H23O7P/c1-4-21-22(15,16)14-11-12(19-9-7-17-2)5-6-13(14)20-10-8-18-3/h5-6,11H,4,7-10H2,1-3H3,(H,15,16). The van der Waals surface area contributed by atoms with Crippen LogP contribution >= 0.6 is 7.60 Å². The second-order valence-corrected chi connectivity index (χ2v) is 6.03. The van der Waals surface area contributed by atoms with Crippen LogP contribution in [0.25, 0.3) is 0 Å². The quantitative estimate of drug-likeness (QED) is 0.486. The highest BCUT2D eigenvalue weighted by Crippen LogP contribution is 2.44. The van der Waals surface area contributed by atoms with E-state index in [1.807, 2.05) is 0 Å². The van der Waals surface area contributed by atoms with Gasteiger partial charge in [-0.3, -0.25) is 4.57 Å². The van der Waals surface area contributed by atoms with Crippen LogP contribution in [0.2, 0.25) is 0 Å². The van der Waals surface area contributed by atoms with E-state index in [1.54, 1.807) is 33.3 Å². The molecule has 0 saturated heterocycles. The van der Waals surface area contributed by atoms with E-state index in [4.69, 9.17) is 23.5 Å². The molecule has 1 N–H and O–H groups in total. The maximum atomic E-state index is 12.3. The second-order valence-electron chi connectivity index (χ2n) is 4.25. The van der Waals surface area contributed by atoms with Crippen molar-refractivity contribution in [3.05, 3.63) is 18.2 Å². The van der Waals surface area contributed by atoms with Gasteiger partial charge in [0.1, 0.15) is 30.0 Å². The zero-order valence-electron chi connectivity index (χ0n) is 13.1. The van der Waals surface area contributed by atoms with Gasteiger partial charge in [0, 0.05) is 14.2 Å². The van der Waals surface area contributed by atoms with Crippen LogP contribution in [0.3, 0.4) is 0 Å². The Bertz CT molecular complexity index is 492. The van der Waals surface area contributed by atoms with Gasteiger partial charge in [-0.25, -0.2) is 0 Å². The van der Waals surface area contributed by atoms with Crippen molar-refractivity contribution in [3.8, 4) is 11.5 Å². The molecule has 0 amide bonds. The van der Waals surface area contributed by atoms with Crippen LogP contribution < -0.4 is 14.8 Å². The largest absolute Gasteiger partial charge is 0.491 e. The number of rotatable bonds is 11. The van der Waals surface area contributed by atoms with E-state index >= 15 is 0 Å². The molecule has 1 atom stereocenters. The molecule has 0 saturated carbocycles. The third-order valence-electron chi connectivity index (χ3n) is 2.64. The van der Waals surface area contributed by atoms with Crippen molar-refractivity contribution in [2.75, 3.05) is 47.3 Å². The predicted octanol–water partition coefficient (Wildman–Crippen LogP) is 1.58. The summed E-state index contributed by atoms with van der Waals surface area (Å²) < 4.78 is 38.0. The van der Waals surface area contributed by atoms with Crippen LogP contribution in [0.15, 0.2) is 18.2 Å². The van der Waals surface area contributed by atoms with E-state index in [0.717, 1.165) is 0 Å². The number of benzene rings is 1. The third kappa shape index (κ3) is 5.94. The van der Waals surface area contributed by atoms with Crippen LogP contribution in [0.4, 0.5) is 0 Å². The monoisotopic (exact) mass is 334 g/mol. The second kappa shape index (κ2) is 9.82. The first-order chi connectivity index (χ1) is 10.5. The summed E-state index contributed by atoms with van der Waals surface area (Å²) in [6.45, 7) is 3.15. The maximum Gasteiger partial charge on any atom is 0.362 e. The summed E-state index contributed by atoms with van der Waals surface area (Å²) in [6, 6.07) is 4.69. The molecule has 0 radical (unpaired) electrons. The van der Waals surface area contributed by atoms with E-state index < -0.39 is 7.60 Å². The number of ether oxygens (including phenoxy) is 4. The number of methoxy groups -OCH3 is 2. The van der Waals surface area contributed by atoms with Gasteiger partial charge in [0.15, 0.2) is 0 Å². The molecule has 22 heavy (non-hydrogen) atoms. The maximum absolute atomic E-state index is 12.3. The van der Waals surface area contributed by atoms with E-state index in [1.165, 1.54) is 6.07 Å². The molecule has 0 aliphatic carbocycles. The van der Waals surface area contributed by atoms with Gasteiger partial charge in [0.05, 0.1) is 19.8 Å². The molecule has 1 unspecified atom stereocenters. The Labute approximate surface area is 130 Å². The van der Waals surface area contributed by atoms with E-state index in [2.05, 4.69) is 0 Å². The Kier molecular flexibility index (Phi) is 8.45. The predicted molar refractivity (Wildman–Crippen MR) is 82.3 cm³/mol. The minimum absolute atomic E-state index is 0.0698. The molecule has 7 nitrogen and oxygen atoms in total. The van der Waals surface area contributed by atoms with Crippen LogP contribution in [-0.2, 0) is 18.6 Å². The van der Waals surface area contributed by atoms with Crippen LogP contribution in [-0.4, -0.2) is 52.1 Å². The summed E-state index contributed by atoms with van der Waals surface area (Å²) in [5.74, 6) is 0.718. The fraction of sp³-hybridized carbons (Fsp3) is 0.571. The SMILES string of the molecule is CCOP(=O)(O)c1cc(OCCOC)ccc1OCCOC. The molecular weight excluding hydrogens is 311 g/mol. The molecule has 0 aliphatic heterocycles. The van der Waals surface area contributed by atoms with Crippen molar-refractivity contribution >= 4 is 12.9 Å². The molecule has 0 bridgehead atoms. The average molecular weight is 334 g/mol. The van der Waals surface area contributed by atoms with Crippen molar-refractivity contribution in [2.24, 2.45) is 0 Å². The smallest absolute Gasteiger partial charge is 0.362 e. The first kappa shape index (κ1) is 18.9. The zero-order chi connectivity index (χ0) is 16.4. The fourth-order valence-electron chi connectivity index (χ4n) is 1.65. The first-order valence-corrected chi connectivity index (χ1v) is 8.48. The molecule has 1 aromatic carbocycles. The highest BCUT2D eigenvalue weighted by atomic mass is 31.2. The van der Waals surface area contributed by atoms with E-state index in [0.29, 0.717) is 25.6 Å². The molecular formula is C14H23O7P. The third-order valence-corrected chi connectivity index (χ3v) is 4.21. The molecule has 8 heteroatoms. The Balaban J connectivity index is 2.97. The molecule has 0 aliphatic rings. The van der Waals surface area contributed by atoms with E-state index in [9.17, 15) is 9.46 Å². The zero-order valence-corrected chi connectivity index (χ0v) is 14.0. The summed E-state index contributed by atoms with van der Waals surface area (Å²) in [4.78, 5) is 10.1. The van der Waals surface area contributed by atoms with Crippen LogP contribution in [0, 0.1) is 0 Å². The molecule has 0 aromatic heterocycles. The summed E-state index contributed by atoms with van der Waals surface area (Å²) in [7, 11) is -0.856. The first-order valence-electron chi connectivity index (χ1n) is 6.90. The van der Waals surface area contributed by atoms with Crippen molar-refractivity contribution in [3.63, 3.8) is 0 Å². The van der Waals surface area contributed by atoms with Gasteiger partial charge >= 0.3 is 7.60 Å². The molecule has 0 spiro atoms. The van der Waals surface area contributed by atoms with Crippen molar-refractivity contribution in [2.45, 2.75) is 6.92 Å². The Morgan fingerprint density at radius 2 is 1.68 bits per heavy atom. The van der Waals surface area contributed by atoms with Gasteiger partial charge in [-0.1, -0.05) is 0 Å². The lowest BCUT2D eigenvalue weighted by Gasteiger charge is -2.17. The Morgan fingerprint density at radius 3 is 2.27 bits per heavy atom. The minimum atomic E-state index is -3.97. The average Bonchev–Trinajstić information content (AvgIpc) is 2.48. The van der Waals surface area contributed by atoms with Crippen molar-refractivity contribution in [1.82, 2.24) is 0 Å². The summed E-state index contributed by atoms with van der Waals surface area (Å²) in [6.07, 6.45) is 0. The number of hydrogen-bond donors (Lipinski definition) is 1. The Morgan fingerprint density at radius 1 is 1.05 bits per heavy atom. The normalized spacial score (nSPS) is 13.6. The van der Waals surface area contributed by atoms with Crippen LogP contribution in [0.5, 0.6) is 11.5 Å². The van der Waals surface area contributed by atoms with Gasteiger partial charge in [-0.2, -0.15) is 0 Å². The highest BCUT2D eigenvalue weighted by Gasteiger charge is 2.27. The van der Waals surface area contributed by atoms with Crippen LogP contribution in [0.1, 0.15) is 6.92 Å². The molecule has 0 heterocycles. The Hall–Kier alpha value is -1.11. The van der Waals surface area contributed by atoms with Gasteiger partial charge in [0.2, 0.25) is 0 Å². The van der Waals surface area contributed by atoms with Crippen molar-refractivity contribution in [1.29, 1.82) is 0 Å². The lowest BCUT2D eigenvalue weighted by atomic mass is 10.3. The molecule has 1 aromatic rings. The van der Waals surface area contributed by atoms with Gasteiger partial charge in [-0.05, 0) is 25.1 Å². The van der Waals surface area contributed by atoms with Gasteiger partial charge < -0.3 is 28.4 Å².